The lowest BCUT2D eigenvalue weighted by molar-refractivity contribution is 0.189. The lowest BCUT2D eigenvalue weighted by atomic mass is 9.35. The fraction of sp³-hybridized carbons (Fsp3) is 0.0682. The largest absolute Gasteiger partial charge is 0.505 e. The highest BCUT2D eigenvalue weighted by Crippen LogP contribution is 2.51. The third kappa shape index (κ3) is 5.23. The van der Waals surface area contributed by atoms with Crippen LogP contribution in [-0.4, -0.2) is 101 Å². The van der Waals surface area contributed by atoms with Crippen molar-refractivity contribution in [1.29, 1.82) is 0 Å². The molecule has 9 rings (SSSR count). The second-order valence-electron chi connectivity index (χ2n) is 14.8. The van der Waals surface area contributed by atoms with Crippen LogP contribution >= 0.6 is 0 Å². The smallest absolute Gasteiger partial charge is 0.165 e. The minimum absolute atomic E-state index is 0.0151. The maximum atomic E-state index is 12.3. The Morgan fingerprint density at radius 3 is 1.78 bits per heavy atom. The minimum Gasteiger partial charge on any atom is -0.505 e. The number of hydrogen-bond donors (Lipinski definition) is 3. The number of aromatic nitrogens is 2. The van der Waals surface area contributed by atoms with E-state index < -0.39 is 22.1 Å². The van der Waals surface area contributed by atoms with Gasteiger partial charge < -0.3 is 15.3 Å². The zero-order chi connectivity index (χ0) is 41.2. The molecule has 1 heterocycles. The van der Waals surface area contributed by atoms with Gasteiger partial charge in [-0.2, -0.15) is 0 Å². The summed E-state index contributed by atoms with van der Waals surface area (Å²) >= 11 is 0. The van der Waals surface area contributed by atoms with Crippen molar-refractivity contribution in [2.45, 2.75) is 17.5 Å². The zero-order valence-electron chi connectivity index (χ0n) is 31.2. The topological polar surface area (TPSA) is 78.5 Å². The maximum absolute atomic E-state index is 12.3. The molecular formula is C44H23B9N2O3. The van der Waals surface area contributed by atoms with Crippen LogP contribution in [0.25, 0.3) is 82.1 Å². The second kappa shape index (κ2) is 13.2. The first-order valence-electron chi connectivity index (χ1n) is 18.3. The molecule has 0 aliphatic rings. The summed E-state index contributed by atoms with van der Waals surface area (Å²) in [5.74, 6) is -1.16. The molecule has 0 unspecified atom stereocenters. The van der Waals surface area contributed by atoms with Crippen LogP contribution in [-0.2, 0) is 5.21 Å². The monoisotopic (exact) mass is 726 g/mol. The lowest BCUT2D eigenvalue weighted by Gasteiger charge is -2.39. The highest BCUT2D eigenvalue weighted by atomic mass is 16.3. The Kier molecular flexibility index (Phi) is 8.65. The third-order valence-corrected chi connectivity index (χ3v) is 11.4. The van der Waals surface area contributed by atoms with Crippen molar-refractivity contribution in [1.82, 2.24) is 9.55 Å². The van der Waals surface area contributed by atoms with Crippen LogP contribution in [0.15, 0.2) is 103 Å². The van der Waals surface area contributed by atoms with E-state index in [2.05, 4.69) is 6.07 Å². The molecular weight excluding hydrogens is 702 g/mol. The van der Waals surface area contributed by atoms with Crippen LogP contribution in [0.2, 0.25) is 0 Å². The van der Waals surface area contributed by atoms with Crippen molar-refractivity contribution in [2.24, 2.45) is 0 Å². The Balaban J connectivity index is 1.57. The number of nitrogens with zero attached hydrogens (tertiary/aromatic N) is 2. The molecule has 0 aliphatic carbocycles. The summed E-state index contributed by atoms with van der Waals surface area (Å²) in [4.78, 5) is 4.71. The molecule has 0 fully saturated rings. The van der Waals surface area contributed by atoms with Crippen LogP contribution in [0.5, 0.6) is 11.5 Å². The number of fused-ring (bicyclic) bond motifs is 6. The van der Waals surface area contributed by atoms with Crippen molar-refractivity contribution < 1.29 is 15.3 Å². The number of aromatic hydroxyl groups is 2. The summed E-state index contributed by atoms with van der Waals surface area (Å²) in [5, 5.41) is 35.0. The van der Waals surface area contributed by atoms with Gasteiger partial charge in [-0.1, -0.05) is 89.8 Å². The zero-order valence-corrected chi connectivity index (χ0v) is 31.2. The molecule has 9 aromatic rings. The summed E-state index contributed by atoms with van der Waals surface area (Å²) in [7, 11) is 59.3. The highest BCUT2D eigenvalue weighted by molar-refractivity contribution is 6.68. The molecule has 0 amide bonds. The summed E-state index contributed by atoms with van der Waals surface area (Å²) in [5.41, 5.74) is 4.04. The standard InChI is InChI=1S/C44H23B9N2O3/c1-19-29-31(25-18-20-10-2-3-11-21(20)22-12-4-5-13-23(22)25)33-32(36(46)38(48)39(49)37(33)47)30(34(29)40(56)41(57)35(19)45)24-14-6-8-16-27(24)55-28-17-9-7-15-26(28)54-42(55)43(50,51)44(52,53)58/h2-18,56-58H,1H3. The number of benzene rings is 8. The summed E-state index contributed by atoms with van der Waals surface area (Å²) < 4.78 is 1.62. The molecule has 3 N–H and O–H groups in total. The van der Waals surface area contributed by atoms with Gasteiger partial charge in [-0.3, -0.25) is 4.57 Å². The van der Waals surface area contributed by atoms with E-state index in [9.17, 15) is 15.3 Å². The van der Waals surface area contributed by atoms with Gasteiger partial charge >= 0.3 is 0 Å². The lowest BCUT2D eigenvalue weighted by Crippen LogP contribution is -2.55. The fourth-order valence-electron chi connectivity index (χ4n) is 8.42. The van der Waals surface area contributed by atoms with E-state index in [4.69, 9.17) is 75.6 Å². The second-order valence-corrected chi connectivity index (χ2v) is 14.8. The average Bonchev–Trinajstić information content (AvgIpc) is 3.62. The summed E-state index contributed by atoms with van der Waals surface area (Å²) in [6, 6.07) is 32.2. The van der Waals surface area contributed by atoms with Gasteiger partial charge in [0, 0.05) is 16.5 Å². The van der Waals surface area contributed by atoms with Crippen LogP contribution in [0.1, 0.15) is 11.4 Å². The van der Waals surface area contributed by atoms with E-state index >= 15 is 0 Å². The first kappa shape index (κ1) is 38.0. The predicted octanol–water partition coefficient (Wildman–Crippen LogP) is 2.13. The van der Waals surface area contributed by atoms with Gasteiger partial charge in [0.25, 0.3) is 0 Å². The molecule has 254 valence electrons. The molecule has 18 radical (unpaired) electrons. The Labute approximate surface area is 346 Å². The Morgan fingerprint density at radius 1 is 0.552 bits per heavy atom. The Bertz CT molecular complexity index is 3170. The van der Waals surface area contributed by atoms with E-state index in [-0.39, 0.29) is 38.5 Å². The van der Waals surface area contributed by atoms with Crippen molar-refractivity contribution >= 4 is 152 Å². The molecule has 8 aromatic carbocycles. The number of aryl methyl sites for hydroxylation is 1. The summed E-state index contributed by atoms with van der Waals surface area (Å²) in [6.45, 7) is 1.76. The first-order valence-corrected chi connectivity index (χ1v) is 18.3. The van der Waals surface area contributed by atoms with Gasteiger partial charge in [-0.15, -0.1) is 10.9 Å². The average molecular weight is 725 g/mol. The van der Waals surface area contributed by atoms with Crippen LogP contribution in [0.3, 0.4) is 0 Å². The molecule has 0 saturated carbocycles. The van der Waals surface area contributed by atoms with Crippen LogP contribution in [0, 0.1) is 6.92 Å². The molecule has 58 heavy (non-hydrogen) atoms. The molecule has 0 saturated heterocycles. The van der Waals surface area contributed by atoms with Crippen molar-refractivity contribution in [3.8, 4) is 39.4 Å². The van der Waals surface area contributed by atoms with E-state index in [1.54, 1.807) is 60.0 Å². The van der Waals surface area contributed by atoms with Gasteiger partial charge in [0.2, 0.25) is 0 Å². The Hall–Kier alpha value is -5.59. The van der Waals surface area contributed by atoms with Crippen molar-refractivity contribution in [3.63, 3.8) is 0 Å². The number of rotatable bonds is 5. The van der Waals surface area contributed by atoms with E-state index in [1.165, 1.54) is 0 Å². The molecule has 0 atom stereocenters. The van der Waals surface area contributed by atoms with Crippen molar-refractivity contribution in [3.05, 3.63) is 115 Å². The predicted molar refractivity (Wildman–Crippen MR) is 247 cm³/mol. The van der Waals surface area contributed by atoms with E-state index in [1.807, 2.05) is 48.5 Å². The quantitative estimate of drug-likeness (QED) is 0.110. The van der Waals surface area contributed by atoms with Gasteiger partial charge in [-0.05, 0) is 102 Å². The number of phenols is 2. The van der Waals surface area contributed by atoms with Gasteiger partial charge in [0.15, 0.2) is 11.5 Å². The first-order chi connectivity index (χ1) is 27.6. The maximum Gasteiger partial charge on any atom is 0.165 e. The molecule has 5 nitrogen and oxygen atoms in total. The van der Waals surface area contributed by atoms with Crippen LogP contribution < -0.4 is 27.3 Å². The van der Waals surface area contributed by atoms with E-state index in [0.29, 0.717) is 55.1 Å². The molecule has 0 aliphatic heterocycles. The third-order valence-electron chi connectivity index (χ3n) is 11.4. The van der Waals surface area contributed by atoms with Crippen LogP contribution in [0.4, 0.5) is 0 Å². The van der Waals surface area contributed by atoms with Crippen molar-refractivity contribution in [2.75, 3.05) is 0 Å². The highest BCUT2D eigenvalue weighted by Gasteiger charge is 2.39. The fourth-order valence-corrected chi connectivity index (χ4v) is 8.42. The molecule has 14 heteroatoms. The number of aliphatic hydroxyl groups is 1. The minimum atomic E-state index is -2.64. The number of phenolic OH excluding ortho intramolecular Hbond substituents is 2. The molecule has 0 bridgehead atoms. The molecule has 1 aromatic heterocycles. The normalized spacial score (nSPS) is 12.4. The number of imidazole rings is 1. The van der Waals surface area contributed by atoms with Gasteiger partial charge in [0.1, 0.15) is 45.1 Å². The number of para-hydroxylation sites is 3. The summed E-state index contributed by atoms with van der Waals surface area (Å²) in [6.07, 6.45) is 0. The Morgan fingerprint density at radius 2 is 1.10 bits per heavy atom. The van der Waals surface area contributed by atoms with E-state index in [0.717, 1.165) is 27.1 Å². The number of hydrogen-bond acceptors (Lipinski definition) is 4. The van der Waals surface area contributed by atoms with Gasteiger partial charge in [-0.25, -0.2) is 4.98 Å². The SMILES string of the molecule is [B]c1c([B])c([B])c2c(-c3ccccc3-n3c(C([B])([B])C([B])([B])O)nc4ccccc43)c3c(O)c(O)c([B])c(C)c3c(-c3cc4ccccc4c4ccccc34)c2c1[B]. The van der Waals surface area contributed by atoms with Gasteiger partial charge in [0.05, 0.1) is 48.1 Å². The molecule has 0 spiro atoms.